The van der Waals surface area contributed by atoms with Gasteiger partial charge in [0.15, 0.2) is 29.5 Å². The van der Waals surface area contributed by atoms with Gasteiger partial charge in [-0.25, -0.2) is 14.4 Å². The van der Waals surface area contributed by atoms with E-state index in [1.807, 2.05) is 0 Å². The summed E-state index contributed by atoms with van der Waals surface area (Å²) in [6.07, 6.45) is 0.364. The summed E-state index contributed by atoms with van der Waals surface area (Å²) in [5.74, 6) is -1.77. The highest BCUT2D eigenvalue weighted by Crippen LogP contribution is 2.34. The number of hydrogen-bond acceptors (Lipinski definition) is 6. The first-order valence-corrected chi connectivity index (χ1v) is 6.44. The second-order valence-electron chi connectivity index (χ2n) is 4.31. The first-order valence-electron chi connectivity index (χ1n) is 6.06. The minimum atomic E-state index is -0.790. The third-order valence-electron chi connectivity index (χ3n) is 2.92. The predicted octanol–water partition coefficient (Wildman–Crippen LogP) is 2.54. The number of nitrogens with two attached hydrogens (primary N) is 1. The van der Waals surface area contributed by atoms with Gasteiger partial charge in [0.1, 0.15) is 11.5 Å². The Balaban J connectivity index is 2.72. The monoisotopic (exact) mass is 323 g/mol. The minimum absolute atomic E-state index is 0.0499. The second kappa shape index (κ2) is 6.07. The standard InChI is InChI=1S/C14H11ClFN3O3/c1-6(21)10-9(5-20)18-14(19-13(10)17)7-3-4-8(15)12(22-2)11(7)16/h3-5H,1-2H3,(H2,17,18,19). The summed E-state index contributed by atoms with van der Waals surface area (Å²) < 4.78 is 19.2. The highest BCUT2D eigenvalue weighted by Gasteiger charge is 2.21. The lowest BCUT2D eigenvalue weighted by molar-refractivity contribution is 0.100. The van der Waals surface area contributed by atoms with E-state index >= 15 is 0 Å². The van der Waals surface area contributed by atoms with E-state index in [-0.39, 0.29) is 39.2 Å². The zero-order valence-corrected chi connectivity index (χ0v) is 12.4. The molecule has 1 heterocycles. The largest absolute Gasteiger partial charge is 0.492 e. The summed E-state index contributed by atoms with van der Waals surface area (Å²) in [6, 6.07) is 2.73. The van der Waals surface area contributed by atoms with Crippen LogP contribution in [-0.2, 0) is 0 Å². The minimum Gasteiger partial charge on any atom is -0.492 e. The normalized spacial score (nSPS) is 10.4. The number of carbonyl (C=O) groups excluding carboxylic acids is 2. The van der Waals surface area contributed by atoms with Crippen LogP contribution in [0.3, 0.4) is 0 Å². The van der Waals surface area contributed by atoms with E-state index in [0.29, 0.717) is 6.29 Å². The number of benzene rings is 1. The van der Waals surface area contributed by atoms with Crippen molar-refractivity contribution in [3.8, 4) is 17.1 Å². The maximum Gasteiger partial charge on any atom is 0.177 e. The molecule has 2 N–H and O–H groups in total. The van der Waals surface area contributed by atoms with Gasteiger partial charge in [0, 0.05) is 0 Å². The van der Waals surface area contributed by atoms with Crippen LogP contribution in [0.15, 0.2) is 12.1 Å². The molecule has 0 fully saturated rings. The number of carbonyl (C=O) groups is 2. The first-order chi connectivity index (χ1) is 10.4. The van der Waals surface area contributed by atoms with E-state index in [2.05, 4.69) is 9.97 Å². The Morgan fingerprint density at radius 1 is 1.41 bits per heavy atom. The molecule has 0 amide bonds. The van der Waals surface area contributed by atoms with Crippen molar-refractivity contribution in [3.05, 3.63) is 34.2 Å². The van der Waals surface area contributed by atoms with Crippen LogP contribution >= 0.6 is 11.6 Å². The van der Waals surface area contributed by atoms with Crippen molar-refractivity contribution in [1.82, 2.24) is 9.97 Å². The summed E-state index contributed by atoms with van der Waals surface area (Å²) in [5, 5.41) is 0.0766. The van der Waals surface area contributed by atoms with Crippen molar-refractivity contribution in [2.75, 3.05) is 12.8 Å². The van der Waals surface area contributed by atoms with Crippen molar-refractivity contribution in [2.24, 2.45) is 0 Å². The molecule has 0 saturated heterocycles. The number of anilines is 1. The van der Waals surface area contributed by atoms with Gasteiger partial charge in [0.2, 0.25) is 0 Å². The average Bonchev–Trinajstić information content (AvgIpc) is 2.46. The molecule has 1 aromatic carbocycles. The van der Waals surface area contributed by atoms with Crippen LogP contribution in [0.1, 0.15) is 27.8 Å². The van der Waals surface area contributed by atoms with Crippen LogP contribution in [0, 0.1) is 5.82 Å². The van der Waals surface area contributed by atoms with Gasteiger partial charge in [-0.05, 0) is 19.1 Å². The van der Waals surface area contributed by atoms with Gasteiger partial charge in [0.05, 0.1) is 23.3 Å². The number of aldehydes is 1. The summed E-state index contributed by atoms with van der Waals surface area (Å²) in [6.45, 7) is 1.23. The quantitative estimate of drug-likeness (QED) is 0.686. The molecule has 0 spiro atoms. The smallest absolute Gasteiger partial charge is 0.177 e. The van der Waals surface area contributed by atoms with E-state index < -0.39 is 11.6 Å². The maximum absolute atomic E-state index is 14.4. The zero-order chi connectivity index (χ0) is 16.4. The molecule has 0 radical (unpaired) electrons. The number of ketones is 1. The van der Waals surface area contributed by atoms with Gasteiger partial charge in [-0.1, -0.05) is 11.6 Å². The van der Waals surface area contributed by atoms with E-state index in [1.165, 1.54) is 26.2 Å². The van der Waals surface area contributed by atoms with Crippen molar-refractivity contribution < 1.29 is 18.7 Å². The van der Waals surface area contributed by atoms with Crippen LogP contribution in [0.25, 0.3) is 11.4 Å². The molecule has 0 atom stereocenters. The fraction of sp³-hybridized carbons (Fsp3) is 0.143. The number of hydrogen-bond donors (Lipinski definition) is 1. The fourth-order valence-corrected chi connectivity index (χ4v) is 2.18. The van der Waals surface area contributed by atoms with Crippen LogP contribution in [0.4, 0.5) is 10.2 Å². The Morgan fingerprint density at radius 2 is 2.09 bits per heavy atom. The molecule has 2 rings (SSSR count). The molecule has 0 saturated carbocycles. The van der Waals surface area contributed by atoms with Gasteiger partial charge >= 0.3 is 0 Å². The molecule has 8 heteroatoms. The Kier molecular flexibility index (Phi) is 4.37. The summed E-state index contributed by atoms with van der Waals surface area (Å²) in [7, 11) is 1.26. The van der Waals surface area contributed by atoms with Crippen LogP contribution in [0.5, 0.6) is 5.75 Å². The van der Waals surface area contributed by atoms with Gasteiger partial charge in [0.25, 0.3) is 0 Å². The number of Topliss-reactive ketones (excluding diaryl/α,β-unsaturated/α-hetero) is 1. The average molecular weight is 324 g/mol. The van der Waals surface area contributed by atoms with Crippen molar-refractivity contribution in [3.63, 3.8) is 0 Å². The first kappa shape index (κ1) is 15.8. The molecule has 0 bridgehead atoms. The third kappa shape index (κ3) is 2.62. The number of methoxy groups -OCH3 is 1. The van der Waals surface area contributed by atoms with E-state index in [0.717, 1.165) is 0 Å². The summed E-state index contributed by atoms with van der Waals surface area (Å²) >= 11 is 5.81. The summed E-state index contributed by atoms with van der Waals surface area (Å²) in [5.41, 5.74) is 5.32. The number of aromatic nitrogens is 2. The number of ether oxygens (including phenoxy) is 1. The third-order valence-corrected chi connectivity index (χ3v) is 3.22. The molecule has 1 aromatic heterocycles. The van der Waals surface area contributed by atoms with E-state index in [1.54, 1.807) is 0 Å². The van der Waals surface area contributed by atoms with Gasteiger partial charge in [-0.15, -0.1) is 0 Å². The van der Waals surface area contributed by atoms with Crippen molar-refractivity contribution >= 4 is 29.5 Å². The Labute approximate surface area is 130 Å². The Morgan fingerprint density at radius 3 is 2.64 bits per heavy atom. The van der Waals surface area contributed by atoms with Crippen molar-refractivity contribution in [2.45, 2.75) is 6.92 Å². The second-order valence-corrected chi connectivity index (χ2v) is 4.72. The molecule has 2 aromatic rings. The highest BCUT2D eigenvalue weighted by atomic mass is 35.5. The molecule has 6 nitrogen and oxygen atoms in total. The molecular weight excluding hydrogens is 313 g/mol. The highest BCUT2D eigenvalue weighted by molar-refractivity contribution is 6.32. The molecule has 0 aliphatic heterocycles. The van der Waals surface area contributed by atoms with Gasteiger partial charge in [-0.3, -0.25) is 9.59 Å². The van der Waals surface area contributed by atoms with E-state index in [4.69, 9.17) is 22.1 Å². The molecule has 22 heavy (non-hydrogen) atoms. The molecular formula is C14H11ClFN3O3. The molecule has 0 unspecified atom stereocenters. The number of nitrogen functional groups attached to an aromatic ring is 1. The Bertz CT molecular complexity index is 780. The number of nitrogens with zero attached hydrogens (tertiary/aromatic N) is 2. The summed E-state index contributed by atoms with van der Waals surface area (Å²) in [4.78, 5) is 30.3. The zero-order valence-electron chi connectivity index (χ0n) is 11.7. The lowest BCUT2D eigenvalue weighted by atomic mass is 10.1. The van der Waals surface area contributed by atoms with Crippen LogP contribution in [0.2, 0.25) is 5.02 Å². The number of halogens is 2. The Hall–Kier alpha value is -2.54. The lowest BCUT2D eigenvalue weighted by Crippen LogP contribution is -2.11. The van der Waals surface area contributed by atoms with Crippen LogP contribution in [-0.4, -0.2) is 29.1 Å². The molecule has 0 aliphatic carbocycles. The topological polar surface area (TPSA) is 95.2 Å². The maximum atomic E-state index is 14.4. The molecule has 0 aliphatic rings. The fourth-order valence-electron chi connectivity index (χ4n) is 1.95. The van der Waals surface area contributed by atoms with Gasteiger partial charge < -0.3 is 10.5 Å². The molecule has 114 valence electrons. The number of rotatable bonds is 4. The SMILES string of the molecule is COc1c(Cl)ccc(-c2nc(N)c(C(C)=O)c(C=O)n2)c1F. The van der Waals surface area contributed by atoms with Gasteiger partial charge in [-0.2, -0.15) is 0 Å². The predicted molar refractivity (Wildman–Crippen MR) is 78.8 cm³/mol. The van der Waals surface area contributed by atoms with Crippen LogP contribution < -0.4 is 10.5 Å². The van der Waals surface area contributed by atoms with E-state index in [9.17, 15) is 14.0 Å². The lowest BCUT2D eigenvalue weighted by Gasteiger charge is -2.10. The van der Waals surface area contributed by atoms with Crippen molar-refractivity contribution in [1.29, 1.82) is 0 Å².